The van der Waals surface area contributed by atoms with Gasteiger partial charge in [-0.25, -0.2) is 8.42 Å². The van der Waals surface area contributed by atoms with Crippen LogP contribution in [0.3, 0.4) is 0 Å². The second kappa shape index (κ2) is 12.2. The number of nitrogens with one attached hydrogen (secondary N) is 1. The Morgan fingerprint density at radius 1 is 1.00 bits per heavy atom. The van der Waals surface area contributed by atoms with Crippen molar-refractivity contribution in [3.8, 4) is 0 Å². The van der Waals surface area contributed by atoms with E-state index in [0.29, 0.717) is 10.7 Å². The molecule has 0 spiro atoms. The third-order valence-corrected chi connectivity index (χ3v) is 11.3. The van der Waals surface area contributed by atoms with Crippen LogP contribution in [0.2, 0.25) is 5.02 Å². The third-order valence-electron chi connectivity index (χ3n) is 9.90. The Morgan fingerprint density at radius 2 is 1.60 bits per heavy atom. The molecular formula is C33H44ClN3O4S. The number of carbonyl (C=O) groups is 2. The zero-order chi connectivity index (χ0) is 30.2. The quantitative estimate of drug-likeness (QED) is 0.342. The number of halogens is 1. The fourth-order valence-electron chi connectivity index (χ4n) is 7.94. The van der Waals surface area contributed by atoms with Gasteiger partial charge in [-0.05, 0) is 117 Å². The molecule has 2 aromatic carbocycles. The Morgan fingerprint density at radius 3 is 2.12 bits per heavy atom. The normalized spacial score (nSPS) is 26.0. The van der Waals surface area contributed by atoms with E-state index >= 15 is 0 Å². The number of rotatable bonds is 11. The summed E-state index contributed by atoms with van der Waals surface area (Å²) in [5.41, 5.74) is 2.71. The van der Waals surface area contributed by atoms with Crippen molar-refractivity contribution in [2.24, 2.45) is 17.8 Å². The van der Waals surface area contributed by atoms with Gasteiger partial charge in [0.05, 0.1) is 11.9 Å². The van der Waals surface area contributed by atoms with Crippen LogP contribution in [0.5, 0.6) is 0 Å². The first-order valence-corrected chi connectivity index (χ1v) is 17.5. The Balaban J connectivity index is 1.38. The summed E-state index contributed by atoms with van der Waals surface area (Å²) in [6, 6.07) is 14.1. The van der Waals surface area contributed by atoms with Crippen molar-refractivity contribution >= 4 is 39.1 Å². The standard InChI is InChI=1S/C33H44ClN3O4S/c1-5-22(2)35-32(39)23(3)36(20-24-7-6-8-29(34)16-24)31(38)21-37(42(4,40)41)30-11-9-28(10-12-30)33-17-25-13-26(18-33)15-27(14-25)19-33/h6-12,16,22-23,25-27H,5,13-15,17-21H2,1-4H3,(H,35,39)/t22-,23-,25?,26?,27?,33?/m0/s1. The first kappa shape index (κ1) is 30.9. The van der Waals surface area contributed by atoms with Crippen LogP contribution < -0.4 is 9.62 Å². The van der Waals surface area contributed by atoms with Crippen molar-refractivity contribution in [2.45, 2.75) is 89.8 Å². The molecule has 2 amide bonds. The van der Waals surface area contributed by atoms with Crippen LogP contribution in [0.15, 0.2) is 48.5 Å². The summed E-state index contributed by atoms with van der Waals surface area (Å²) >= 11 is 6.20. The molecule has 2 atom stereocenters. The number of hydrogen-bond acceptors (Lipinski definition) is 4. The van der Waals surface area contributed by atoms with Crippen molar-refractivity contribution in [2.75, 3.05) is 17.1 Å². The second-order valence-electron chi connectivity index (χ2n) is 13.2. The van der Waals surface area contributed by atoms with Crippen molar-refractivity contribution < 1.29 is 18.0 Å². The molecule has 4 aliphatic carbocycles. The molecule has 42 heavy (non-hydrogen) atoms. The van der Waals surface area contributed by atoms with Crippen LogP contribution in [0.4, 0.5) is 5.69 Å². The smallest absolute Gasteiger partial charge is 0.244 e. The fraction of sp³-hybridized carbons (Fsp3) is 0.576. The summed E-state index contributed by atoms with van der Waals surface area (Å²) in [7, 11) is -3.79. The zero-order valence-corrected chi connectivity index (χ0v) is 26.8. The van der Waals surface area contributed by atoms with Crippen LogP contribution in [-0.2, 0) is 31.6 Å². The Hall–Kier alpha value is -2.58. The lowest BCUT2D eigenvalue weighted by atomic mass is 9.48. The summed E-state index contributed by atoms with van der Waals surface area (Å²) < 4.78 is 27.2. The lowest BCUT2D eigenvalue weighted by molar-refractivity contribution is -0.139. The number of carbonyl (C=O) groups excluding carboxylic acids is 2. The number of hydrogen-bond donors (Lipinski definition) is 1. The summed E-state index contributed by atoms with van der Waals surface area (Å²) in [5.74, 6) is 1.69. The molecular weight excluding hydrogens is 570 g/mol. The lowest BCUT2D eigenvalue weighted by Gasteiger charge is -2.57. The number of benzene rings is 2. The van der Waals surface area contributed by atoms with E-state index in [1.54, 1.807) is 25.1 Å². The van der Waals surface area contributed by atoms with E-state index in [0.717, 1.165) is 40.3 Å². The highest BCUT2D eigenvalue weighted by Crippen LogP contribution is 2.60. The Bertz CT molecular complexity index is 1380. The first-order valence-electron chi connectivity index (χ1n) is 15.3. The number of sulfonamides is 1. The van der Waals surface area contributed by atoms with Crippen molar-refractivity contribution in [3.05, 3.63) is 64.7 Å². The van der Waals surface area contributed by atoms with Crippen LogP contribution >= 0.6 is 11.6 Å². The highest BCUT2D eigenvalue weighted by atomic mass is 35.5. The van der Waals surface area contributed by atoms with Gasteiger partial charge in [-0.1, -0.05) is 42.8 Å². The summed E-state index contributed by atoms with van der Waals surface area (Å²) in [5, 5.41) is 3.47. The minimum atomic E-state index is -3.79. The number of anilines is 1. The maximum atomic E-state index is 13.9. The summed E-state index contributed by atoms with van der Waals surface area (Å²) in [6.45, 7) is 5.27. The van der Waals surface area contributed by atoms with E-state index in [4.69, 9.17) is 11.6 Å². The molecule has 9 heteroatoms. The average Bonchev–Trinajstić information content (AvgIpc) is 2.93. The van der Waals surface area contributed by atoms with Gasteiger partial charge in [0.2, 0.25) is 21.8 Å². The molecule has 4 aliphatic rings. The molecule has 0 aromatic heterocycles. The maximum absolute atomic E-state index is 13.9. The van der Waals surface area contributed by atoms with Crippen molar-refractivity contribution in [3.63, 3.8) is 0 Å². The molecule has 4 saturated carbocycles. The Labute approximate surface area is 256 Å². The van der Waals surface area contributed by atoms with E-state index in [2.05, 4.69) is 17.4 Å². The van der Waals surface area contributed by atoms with E-state index in [-0.39, 0.29) is 23.9 Å². The first-order chi connectivity index (χ1) is 19.9. The molecule has 2 aromatic rings. The van der Waals surface area contributed by atoms with Gasteiger partial charge in [-0.3, -0.25) is 13.9 Å². The minimum absolute atomic E-state index is 0.0527. The van der Waals surface area contributed by atoms with Crippen LogP contribution in [0.1, 0.15) is 76.8 Å². The molecule has 4 bridgehead atoms. The van der Waals surface area contributed by atoms with Gasteiger partial charge >= 0.3 is 0 Å². The molecule has 6 rings (SSSR count). The van der Waals surface area contributed by atoms with E-state index < -0.39 is 28.5 Å². The molecule has 0 radical (unpaired) electrons. The lowest BCUT2D eigenvalue weighted by Crippen LogP contribution is -2.52. The molecule has 0 heterocycles. The minimum Gasteiger partial charge on any atom is -0.352 e. The predicted molar refractivity (Wildman–Crippen MR) is 168 cm³/mol. The molecule has 0 saturated heterocycles. The number of amides is 2. The van der Waals surface area contributed by atoms with Gasteiger partial charge in [-0.2, -0.15) is 0 Å². The van der Waals surface area contributed by atoms with Crippen LogP contribution in [0, 0.1) is 17.8 Å². The zero-order valence-electron chi connectivity index (χ0n) is 25.2. The van der Waals surface area contributed by atoms with Gasteiger partial charge in [0.1, 0.15) is 12.6 Å². The molecule has 7 nitrogen and oxygen atoms in total. The second-order valence-corrected chi connectivity index (χ2v) is 15.5. The summed E-state index contributed by atoms with van der Waals surface area (Å²) in [4.78, 5) is 28.4. The van der Waals surface area contributed by atoms with E-state index in [9.17, 15) is 18.0 Å². The van der Waals surface area contributed by atoms with Crippen LogP contribution in [-0.4, -0.2) is 50.0 Å². The van der Waals surface area contributed by atoms with Gasteiger partial charge in [0.15, 0.2) is 0 Å². The van der Waals surface area contributed by atoms with E-state index in [1.807, 2.05) is 32.0 Å². The fourth-order valence-corrected chi connectivity index (χ4v) is 9.00. The van der Waals surface area contributed by atoms with Crippen molar-refractivity contribution in [1.82, 2.24) is 10.2 Å². The number of nitrogens with zero attached hydrogens (tertiary/aromatic N) is 2. The van der Waals surface area contributed by atoms with Crippen LogP contribution in [0.25, 0.3) is 0 Å². The Kier molecular flexibility index (Phi) is 8.96. The third kappa shape index (κ3) is 6.65. The molecule has 4 fully saturated rings. The van der Waals surface area contributed by atoms with E-state index in [1.165, 1.54) is 49.0 Å². The topological polar surface area (TPSA) is 86.8 Å². The molecule has 0 unspecified atom stereocenters. The highest BCUT2D eigenvalue weighted by Gasteiger charge is 2.51. The monoisotopic (exact) mass is 613 g/mol. The average molecular weight is 614 g/mol. The van der Waals surface area contributed by atoms with Gasteiger partial charge < -0.3 is 10.2 Å². The maximum Gasteiger partial charge on any atom is 0.244 e. The SMILES string of the molecule is CC[C@H](C)NC(=O)[C@H](C)N(Cc1cccc(Cl)c1)C(=O)CN(c1ccc(C23CC4CC(CC(C4)C2)C3)cc1)S(C)(=O)=O. The molecule has 1 N–H and O–H groups in total. The molecule has 228 valence electrons. The summed E-state index contributed by atoms with van der Waals surface area (Å²) in [6.07, 6.45) is 9.63. The van der Waals surface area contributed by atoms with Crippen molar-refractivity contribution in [1.29, 1.82) is 0 Å². The largest absolute Gasteiger partial charge is 0.352 e. The highest BCUT2D eigenvalue weighted by molar-refractivity contribution is 7.92. The van der Waals surface area contributed by atoms with Gasteiger partial charge in [-0.15, -0.1) is 0 Å². The predicted octanol–water partition coefficient (Wildman–Crippen LogP) is 5.91. The molecule has 0 aliphatic heterocycles. The van der Waals surface area contributed by atoms with Gasteiger partial charge in [0.25, 0.3) is 0 Å². The van der Waals surface area contributed by atoms with Gasteiger partial charge in [0, 0.05) is 17.6 Å².